The van der Waals surface area contributed by atoms with Crippen molar-refractivity contribution in [2.45, 2.75) is 31.8 Å². The lowest BCUT2D eigenvalue weighted by Gasteiger charge is -2.36. The van der Waals surface area contributed by atoms with Crippen molar-refractivity contribution < 1.29 is 0 Å². The fourth-order valence-corrected chi connectivity index (χ4v) is 2.40. The van der Waals surface area contributed by atoms with E-state index >= 15 is 0 Å². The highest BCUT2D eigenvalue weighted by Gasteiger charge is 2.23. The Morgan fingerprint density at radius 1 is 1.50 bits per heavy atom. The molecular formula is C13H21N3. The molecule has 2 unspecified atom stereocenters. The minimum absolute atomic E-state index is 0.428. The van der Waals surface area contributed by atoms with Crippen LogP contribution in [0.15, 0.2) is 24.4 Å². The lowest BCUT2D eigenvalue weighted by Crippen LogP contribution is -2.45. The molecule has 1 saturated heterocycles. The summed E-state index contributed by atoms with van der Waals surface area (Å²) in [4.78, 5) is 6.96. The Morgan fingerprint density at radius 3 is 3.06 bits per heavy atom. The second-order valence-electron chi connectivity index (χ2n) is 4.55. The molecule has 1 aromatic heterocycles. The first-order valence-electron chi connectivity index (χ1n) is 6.13. The van der Waals surface area contributed by atoms with Crippen LogP contribution in [-0.2, 0) is 0 Å². The Bertz CT molecular complexity index is 312. The molecule has 0 spiro atoms. The van der Waals surface area contributed by atoms with E-state index in [0.29, 0.717) is 12.1 Å². The van der Waals surface area contributed by atoms with Gasteiger partial charge in [-0.15, -0.1) is 0 Å². The van der Waals surface area contributed by atoms with Gasteiger partial charge in [-0.05, 0) is 45.5 Å². The van der Waals surface area contributed by atoms with Crippen LogP contribution in [0, 0.1) is 0 Å². The second kappa shape index (κ2) is 5.41. The summed E-state index contributed by atoms with van der Waals surface area (Å²) in [6, 6.07) is 7.23. The molecule has 2 heterocycles. The zero-order valence-corrected chi connectivity index (χ0v) is 10.2. The highest BCUT2D eigenvalue weighted by atomic mass is 15.2. The third-order valence-corrected chi connectivity index (χ3v) is 3.52. The number of rotatable bonds is 3. The minimum atomic E-state index is 0.428. The molecule has 1 aliphatic rings. The minimum Gasteiger partial charge on any atom is -0.316 e. The topological polar surface area (TPSA) is 28.2 Å². The monoisotopic (exact) mass is 219 g/mol. The van der Waals surface area contributed by atoms with Gasteiger partial charge in [-0.25, -0.2) is 0 Å². The Balaban J connectivity index is 2.01. The fourth-order valence-electron chi connectivity index (χ4n) is 2.40. The summed E-state index contributed by atoms with van der Waals surface area (Å²) in [5, 5.41) is 3.38. The van der Waals surface area contributed by atoms with E-state index in [-0.39, 0.29) is 0 Å². The Labute approximate surface area is 97.9 Å². The molecule has 0 aliphatic carbocycles. The van der Waals surface area contributed by atoms with Gasteiger partial charge in [-0.1, -0.05) is 6.07 Å². The average molecular weight is 219 g/mol. The van der Waals surface area contributed by atoms with E-state index in [4.69, 9.17) is 0 Å². The highest BCUT2D eigenvalue weighted by Crippen LogP contribution is 2.22. The van der Waals surface area contributed by atoms with Crippen molar-refractivity contribution in [3.05, 3.63) is 30.1 Å². The van der Waals surface area contributed by atoms with Crippen LogP contribution in [0.25, 0.3) is 0 Å². The number of aromatic nitrogens is 1. The van der Waals surface area contributed by atoms with E-state index in [2.05, 4.69) is 41.3 Å². The van der Waals surface area contributed by atoms with Crippen LogP contribution in [-0.4, -0.2) is 36.1 Å². The van der Waals surface area contributed by atoms with Crippen LogP contribution < -0.4 is 5.32 Å². The number of piperidine rings is 1. The second-order valence-corrected chi connectivity index (χ2v) is 4.55. The maximum absolute atomic E-state index is 4.44. The molecule has 0 radical (unpaired) electrons. The molecule has 2 rings (SSSR count). The van der Waals surface area contributed by atoms with Crippen molar-refractivity contribution in [1.29, 1.82) is 0 Å². The maximum atomic E-state index is 4.44. The first-order chi connectivity index (χ1) is 7.81. The number of hydrogen-bond donors (Lipinski definition) is 1. The van der Waals surface area contributed by atoms with E-state index in [9.17, 15) is 0 Å². The summed E-state index contributed by atoms with van der Waals surface area (Å²) in [6.07, 6.45) is 4.45. The Kier molecular flexibility index (Phi) is 3.91. The fraction of sp³-hybridized carbons (Fsp3) is 0.615. The van der Waals surface area contributed by atoms with Gasteiger partial charge in [0.05, 0.1) is 5.69 Å². The first kappa shape index (κ1) is 11.6. The summed E-state index contributed by atoms with van der Waals surface area (Å²) < 4.78 is 0. The molecule has 0 aromatic carbocycles. The molecule has 88 valence electrons. The zero-order valence-electron chi connectivity index (χ0n) is 10.2. The smallest absolute Gasteiger partial charge is 0.0572 e. The molecule has 1 N–H and O–H groups in total. The molecule has 3 heteroatoms. The number of nitrogens with one attached hydrogen (secondary N) is 1. The molecule has 1 aliphatic heterocycles. The van der Waals surface area contributed by atoms with Crippen LogP contribution in [0.5, 0.6) is 0 Å². The predicted molar refractivity (Wildman–Crippen MR) is 66.3 cm³/mol. The maximum Gasteiger partial charge on any atom is 0.0572 e. The largest absolute Gasteiger partial charge is 0.316 e. The molecule has 2 atom stereocenters. The quantitative estimate of drug-likeness (QED) is 0.840. The van der Waals surface area contributed by atoms with Gasteiger partial charge in [-0.2, -0.15) is 0 Å². The van der Waals surface area contributed by atoms with Crippen LogP contribution in [0.1, 0.15) is 31.5 Å². The van der Waals surface area contributed by atoms with E-state index in [1.54, 1.807) is 0 Å². The van der Waals surface area contributed by atoms with Crippen LogP contribution in [0.4, 0.5) is 0 Å². The van der Waals surface area contributed by atoms with Crippen LogP contribution >= 0.6 is 0 Å². The molecule has 1 aromatic rings. The third kappa shape index (κ3) is 2.60. The molecule has 16 heavy (non-hydrogen) atoms. The van der Waals surface area contributed by atoms with E-state index in [0.717, 1.165) is 6.54 Å². The van der Waals surface area contributed by atoms with Crippen molar-refractivity contribution in [2.75, 3.05) is 20.1 Å². The van der Waals surface area contributed by atoms with E-state index < -0.39 is 0 Å². The average Bonchev–Trinajstić information content (AvgIpc) is 2.39. The summed E-state index contributed by atoms with van der Waals surface area (Å²) in [5.74, 6) is 0. The first-order valence-corrected chi connectivity index (χ1v) is 6.13. The summed E-state index contributed by atoms with van der Waals surface area (Å²) in [5.41, 5.74) is 1.18. The van der Waals surface area contributed by atoms with Gasteiger partial charge in [-0.3, -0.25) is 9.88 Å². The molecule has 0 bridgehead atoms. The summed E-state index contributed by atoms with van der Waals surface area (Å²) in [6.45, 7) is 4.57. The summed E-state index contributed by atoms with van der Waals surface area (Å²) >= 11 is 0. The summed E-state index contributed by atoms with van der Waals surface area (Å²) in [7, 11) is 2.06. The van der Waals surface area contributed by atoms with Crippen molar-refractivity contribution in [1.82, 2.24) is 15.2 Å². The van der Waals surface area contributed by atoms with Gasteiger partial charge in [0.25, 0.3) is 0 Å². The predicted octanol–water partition coefficient (Wildman–Crippen LogP) is 1.83. The van der Waals surface area contributed by atoms with E-state index in [1.165, 1.54) is 25.1 Å². The van der Waals surface area contributed by atoms with Gasteiger partial charge in [0.2, 0.25) is 0 Å². The van der Waals surface area contributed by atoms with Crippen molar-refractivity contribution in [3.8, 4) is 0 Å². The van der Waals surface area contributed by atoms with Crippen LogP contribution in [0.3, 0.4) is 0 Å². The lowest BCUT2D eigenvalue weighted by molar-refractivity contribution is 0.147. The third-order valence-electron chi connectivity index (χ3n) is 3.52. The molecule has 1 fully saturated rings. The normalized spacial score (nSPS) is 24.2. The SMILES string of the molecule is CNC1CCCN(C(C)c2ccccn2)C1. The van der Waals surface area contributed by atoms with Crippen molar-refractivity contribution in [2.24, 2.45) is 0 Å². The van der Waals surface area contributed by atoms with Crippen LogP contribution in [0.2, 0.25) is 0 Å². The number of likely N-dealkylation sites (N-methyl/N-ethyl adjacent to an activating group) is 1. The Morgan fingerprint density at radius 2 is 2.38 bits per heavy atom. The van der Waals surface area contributed by atoms with Crippen molar-refractivity contribution in [3.63, 3.8) is 0 Å². The standard InChI is InChI=1S/C13H21N3/c1-11(13-7-3-4-8-15-13)16-9-5-6-12(10-16)14-2/h3-4,7-8,11-12,14H,5-6,9-10H2,1-2H3. The van der Waals surface area contributed by atoms with Crippen molar-refractivity contribution >= 4 is 0 Å². The molecular weight excluding hydrogens is 198 g/mol. The van der Waals surface area contributed by atoms with Gasteiger partial charge in [0, 0.05) is 24.8 Å². The highest BCUT2D eigenvalue weighted by molar-refractivity contribution is 5.08. The van der Waals surface area contributed by atoms with Gasteiger partial charge >= 0.3 is 0 Å². The van der Waals surface area contributed by atoms with Gasteiger partial charge in [0.15, 0.2) is 0 Å². The zero-order chi connectivity index (χ0) is 11.4. The number of nitrogens with zero attached hydrogens (tertiary/aromatic N) is 2. The van der Waals surface area contributed by atoms with Gasteiger partial charge < -0.3 is 5.32 Å². The molecule has 3 nitrogen and oxygen atoms in total. The molecule has 0 saturated carbocycles. The number of pyridine rings is 1. The number of likely N-dealkylation sites (tertiary alicyclic amines) is 1. The number of hydrogen-bond acceptors (Lipinski definition) is 3. The van der Waals surface area contributed by atoms with E-state index in [1.807, 2.05) is 12.3 Å². The lowest BCUT2D eigenvalue weighted by atomic mass is 10.0. The molecule has 0 amide bonds. The Hall–Kier alpha value is -0.930. The van der Waals surface area contributed by atoms with Gasteiger partial charge in [0.1, 0.15) is 0 Å².